The highest BCUT2D eigenvalue weighted by Gasteiger charge is 2.44. The number of fused-ring (bicyclic) bond motifs is 1. The van der Waals surface area contributed by atoms with Gasteiger partial charge in [-0.1, -0.05) is 0 Å². The first kappa shape index (κ1) is 16.6. The SMILES string of the molecule is OC[C@H]1O[C@@H](n2cnc3c(N4CCCCC4)nc(F)nc32)[C@H](O)[C@@H]1O. The summed E-state index contributed by atoms with van der Waals surface area (Å²) in [6.45, 7) is 1.10. The number of rotatable bonds is 3. The summed E-state index contributed by atoms with van der Waals surface area (Å²) >= 11 is 0. The average molecular weight is 353 g/mol. The van der Waals surface area contributed by atoms with Crippen molar-refractivity contribution >= 4 is 17.0 Å². The van der Waals surface area contributed by atoms with Gasteiger partial charge in [-0.05, 0) is 19.3 Å². The van der Waals surface area contributed by atoms with Gasteiger partial charge in [0.25, 0.3) is 0 Å². The molecule has 9 nitrogen and oxygen atoms in total. The third kappa shape index (κ3) is 2.74. The molecule has 0 saturated carbocycles. The molecule has 136 valence electrons. The van der Waals surface area contributed by atoms with Gasteiger partial charge in [-0.15, -0.1) is 0 Å². The number of imidazole rings is 1. The molecule has 0 amide bonds. The van der Waals surface area contributed by atoms with Crippen LogP contribution in [-0.2, 0) is 4.74 Å². The van der Waals surface area contributed by atoms with Gasteiger partial charge in [-0.3, -0.25) is 4.57 Å². The second-order valence-electron chi connectivity index (χ2n) is 6.42. The van der Waals surface area contributed by atoms with Crippen molar-refractivity contribution in [3.8, 4) is 0 Å². The smallest absolute Gasteiger partial charge is 0.312 e. The molecule has 0 radical (unpaired) electrons. The van der Waals surface area contributed by atoms with E-state index in [0.717, 1.165) is 32.4 Å². The lowest BCUT2D eigenvalue weighted by molar-refractivity contribution is -0.0511. The predicted octanol–water partition coefficient (Wildman–Crippen LogP) is -0.433. The van der Waals surface area contributed by atoms with Crippen molar-refractivity contribution in [3.63, 3.8) is 0 Å². The van der Waals surface area contributed by atoms with Crippen LogP contribution >= 0.6 is 0 Å². The number of ether oxygens (including phenoxy) is 1. The number of aliphatic hydroxyl groups is 3. The second-order valence-corrected chi connectivity index (χ2v) is 6.42. The first-order chi connectivity index (χ1) is 12.1. The van der Waals surface area contributed by atoms with Crippen LogP contribution in [0.5, 0.6) is 0 Å². The van der Waals surface area contributed by atoms with E-state index >= 15 is 0 Å². The fourth-order valence-electron chi connectivity index (χ4n) is 3.50. The molecule has 0 bridgehead atoms. The minimum absolute atomic E-state index is 0.183. The van der Waals surface area contributed by atoms with Gasteiger partial charge in [-0.25, -0.2) is 4.98 Å². The van der Waals surface area contributed by atoms with E-state index in [1.54, 1.807) is 0 Å². The summed E-state index contributed by atoms with van der Waals surface area (Å²) < 4.78 is 20.9. The number of piperidine rings is 1. The van der Waals surface area contributed by atoms with E-state index in [9.17, 15) is 19.7 Å². The Labute approximate surface area is 142 Å². The van der Waals surface area contributed by atoms with Crippen molar-refractivity contribution in [2.75, 3.05) is 24.6 Å². The Hall–Kier alpha value is -1.88. The van der Waals surface area contributed by atoms with Crippen molar-refractivity contribution < 1.29 is 24.4 Å². The van der Waals surface area contributed by atoms with E-state index in [1.165, 1.54) is 10.9 Å². The lowest BCUT2D eigenvalue weighted by Crippen LogP contribution is -2.33. The summed E-state index contributed by atoms with van der Waals surface area (Å²) in [7, 11) is 0. The Morgan fingerprint density at radius 3 is 2.60 bits per heavy atom. The minimum Gasteiger partial charge on any atom is -0.394 e. The molecule has 0 unspecified atom stereocenters. The van der Waals surface area contributed by atoms with Crippen molar-refractivity contribution in [3.05, 3.63) is 12.4 Å². The second kappa shape index (κ2) is 6.45. The molecular formula is C15H20FN5O4. The van der Waals surface area contributed by atoms with Crippen LogP contribution in [0.3, 0.4) is 0 Å². The summed E-state index contributed by atoms with van der Waals surface area (Å²) in [4.78, 5) is 14.0. The van der Waals surface area contributed by atoms with Gasteiger partial charge in [0.1, 0.15) is 18.3 Å². The van der Waals surface area contributed by atoms with E-state index in [-0.39, 0.29) is 5.65 Å². The highest BCUT2D eigenvalue weighted by atomic mass is 19.1. The van der Waals surface area contributed by atoms with Crippen molar-refractivity contribution in [1.82, 2.24) is 19.5 Å². The highest BCUT2D eigenvalue weighted by molar-refractivity contribution is 5.83. The van der Waals surface area contributed by atoms with Crippen LogP contribution < -0.4 is 4.90 Å². The molecule has 10 heteroatoms. The standard InChI is InChI=1S/C15H20FN5O4/c16-15-18-12(20-4-2-1-3-5-20)9-13(19-15)21(7-17-9)14-11(24)10(23)8(6-22)25-14/h7-8,10-11,14,22-24H,1-6H2/t8-,10-,11-,14-/m1/s1. The van der Waals surface area contributed by atoms with Gasteiger partial charge in [0.05, 0.1) is 12.9 Å². The molecule has 4 heterocycles. The zero-order valence-electron chi connectivity index (χ0n) is 13.5. The lowest BCUT2D eigenvalue weighted by Gasteiger charge is -2.27. The molecule has 4 rings (SSSR count). The maximum absolute atomic E-state index is 14.0. The molecule has 0 aliphatic carbocycles. The Morgan fingerprint density at radius 1 is 1.16 bits per heavy atom. The molecule has 25 heavy (non-hydrogen) atoms. The first-order valence-electron chi connectivity index (χ1n) is 8.37. The van der Waals surface area contributed by atoms with E-state index in [0.29, 0.717) is 11.3 Å². The molecule has 2 fully saturated rings. The van der Waals surface area contributed by atoms with Crippen molar-refractivity contribution in [2.45, 2.75) is 43.8 Å². The van der Waals surface area contributed by atoms with Gasteiger partial charge >= 0.3 is 6.08 Å². The Bertz CT molecular complexity index is 766. The van der Waals surface area contributed by atoms with E-state index in [2.05, 4.69) is 15.0 Å². The zero-order chi connectivity index (χ0) is 17.6. The summed E-state index contributed by atoms with van der Waals surface area (Å²) in [6, 6.07) is 0. The molecule has 4 atom stereocenters. The average Bonchev–Trinajstić information content (AvgIpc) is 3.16. The Balaban J connectivity index is 1.75. The molecule has 2 aliphatic heterocycles. The molecule has 3 N–H and O–H groups in total. The topological polar surface area (TPSA) is 117 Å². The van der Waals surface area contributed by atoms with Crippen LogP contribution in [0.25, 0.3) is 11.2 Å². The number of anilines is 1. The first-order valence-corrected chi connectivity index (χ1v) is 8.37. The van der Waals surface area contributed by atoms with Gasteiger partial charge in [0.2, 0.25) is 0 Å². The maximum atomic E-state index is 14.0. The number of halogens is 1. The molecule has 0 spiro atoms. The Kier molecular flexibility index (Phi) is 4.28. The van der Waals surface area contributed by atoms with Crippen molar-refractivity contribution in [2.24, 2.45) is 0 Å². The number of aromatic nitrogens is 4. The molecule has 2 aromatic heterocycles. The van der Waals surface area contributed by atoms with Crippen LogP contribution in [0.1, 0.15) is 25.5 Å². The summed E-state index contributed by atoms with van der Waals surface area (Å²) in [6.07, 6.45) is -0.845. The summed E-state index contributed by atoms with van der Waals surface area (Å²) in [5.74, 6) is 0.424. The highest BCUT2D eigenvalue weighted by Crippen LogP contribution is 2.33. The largest absolute Gasteiger partial charge is 0.394 e. The van der Waals surface area contributed by atoms with Crippen LogP contribution in [0.4, 0.5) is 10.2 Å². The van der Waals surface area contributed by atoms with Gasteiger partial charge < -0.3 is 25.0 Å². The molecule has 2 saturated heterocycles. The van der Waals surface area contributed by atoms with Gasteiger partial charge in [0.15, 0.2) is 23.2 Å². The fourth-order valence-corrected chi connectivity index (χ4v) is 3.50. The molecular weight excluding hydrogens is 333 g/mol. The predicted molar refractivity (Wildman–Crippen MR) is 84.4 cm³/mol. The Morgan fingerprint density at radius 2 is 1.92 bits per heavy atom. The van der Waals surface area contributed by atoms with Crippen molar-refractivity contribution in [1.29, 1.82) is 0 Å². The lowest BCUT2D eigenvalue weighted by atomic mass is 10.1. The molecule has 0 aromatic carbocycles. The van der Waals surface area contributed by atoms with E-state index in [4.69, 9.17) is 4.74 Å². The van der Waals surface area contributed by atoms with Crippen LogP contribution in [0.2, 0.25) is 0 Å². The third-order valence-electron chi connectivity index (χ3n) is 4.82. The number of hydrogen-bond acceptors (Lipinski definition) is 8. The van der Waals surface area contributed by atoms with E-state index in [1.807, 2.05) is 4.90 Å². The van der Waals surface area contributed by atoms with Gasteiger partial charge in [0, 0.05) is 13.1 Å². The molecule has 2 aromatic rings. The fraction of sp³-hybridized carbons (Fsp3) is 0.667. The number of aliphatic hydroxyl groups excluding tert-OH is 3. The minimum atomic E-state index is -1.29. The maximum Gasteiger partial charge on any atom is 0.312 e. The zero-order valence-corrected chi connectivity index (χ0v) is 13.5. The summed E-state index contributed by atoms with van der Waals surface area (Å²) in [5, 5.41) is 29.4. The monoisotopic (exact) mass is 353 g/mol. The van der Waals surface area contributed by atoms with Crippen LogP contribution in [0.15, 0.2) is 6.33 Å². The quantitative estimate of drug-likeness (QED) is 0.637. The van der Waals surface area contributed by atoms with Crippen LogP contribution in [0, 0.1) is 6.08 Å². The molecule has 2 aliphatic rings. The number of nitrogens with zero attached hydrogens (tertiary/aromatic N) is 5. The van der Waals surface area contributed by atoms with Gasteiger partial charge in [-0.2, -0.15) is 14.4 Å². The normalized spacial score (nSPS) is 30.3. The van der Waals surface area contributed by atoms with Crippen LogP contribution in [-0.4, -0.2) is 72.8 Å². The van der Waals surface area contributed by atoms with E-state index < -0.39 is 37.2 Å². The summed E-state index contributed by atoms with van der Waals surface area (Å²) in [5.41, 5.74) is 0.601. The number of hydrogen-bond donors (Lipinski definition) is 3. The third-order valence-corrected chi connectivity index (χ3v) is 4.82.